The van der Waals surface area contributed by atoms with E-state index in [0.29, 0.717) is 5.92 Å². The molecule has 1 aromatic rings. The van der Waals surface area contributed by atoms with Gasteiger partial charge in [0.15, 0.2) is 0 Å². The normalized spacial score (nSPS) is 20.4. The summed E-state index contributed by atoms with van der Waals surface area (Å²) in [5.74, 6) is 0.636. The van der Waals surface area contributed by atoms with Crippen molar-refractivity contribution in [2.24, 2.45) is 13.0 Å². The molecule has 0 unspecified atom stereocenters. The van der Waals surface area contributed by atoms with Gasteiger partial charge in [0.2, 0.25) is 0 Å². The molecular weight excluding hydrogens is 160 g/mol. The van der Waals surface area contributed by atoms with Crippen molar-refractivity contribution < 1.29 is 0 Å². The summed E-state index contributed by atoms with van der Waals surface area (Å²) in [6.07, 6.45) is 2.23. The van der Waals surface area contributed by atoms with Crippen molar-refractivity contribution in [2.75, 3.05) is 0 Å². The summed E-state index contributed by atoms with van der Waals surface area (Å²) in [5.41, 5.74) is 5.35. The Morgan fingerprint density at radius 3 is 2.77 bits per heavy atom. The topological polar surface area (TPSA) is 17.8 Å². The van der Waals surface area contributed by atoms with Gasteiger partial charge in [0.25, 0.3) is 0 Å². The van der Waals surface area contributed by atoms with E-state index in [4.69, 9.17) is 0 Å². The first-order chi connectivity index (χ1) is 6.09. The van der Waals surface area contributed by atoms with Crippen molar-refractivity contribution in [3.63, 3.8) is 0 Å². The van der Waals surface area contributed by atoms with Gasteiger partial charge >= 0.3 is 0 Å². The molecule has 2 heteroatoms. The Balaban J connectivity index is 2.33. The predicted octanol–water partition coefficient (Wildman–Crippen LogP) is 2.02. The van der Waals surface area contributed by atoms with E-state index in [1.165, 1.54) is 22.5 Å². The molecule has 70 valence electrons. The van der Waals surface area contributed by atoms with Crippen LogP contribution in [0.15, 0.2) is 12.2 Å². The lowest BCUT2D eigenvalue weighted by molar-refractivity contribution is 0.620. The molecule has 1 aliphatic carbocycles. The zero-order valence-corrected chi connectivity index (χ0v) is 8.59. The number of hydrogen-bond donors (Lipinski definition) is 0. The highest BCUT2D eigenvalue weighted by Gasteiger charge is 2.26. The molecule has 1 aliphatic rings. The Morgan fingerprint density at radius 1 is 1.54 bits per heavy atom. The van der Waals surface area contributed by atoms with Crippen molar-refractivity contribution in [2.45, 2.75) is 26.7 Å². The van der Waals surface area contributed by atoms with E-state index in [0.717, 1.165) is 12.8 Å². The van der Waals surface area contributed by atoms with Crippen LogP contribution in [0.25, 0.3) is 0 Å². The third-order valence-electron chi connectivity index (χ3n) is 3.13. The van der Waals surface area contributed by atoms with Crippen LogP contribution in [0.2, 0.25) is 0 Å². The average molecular weight is 176 g/mol. The van der Waals surface area contributed by atoms with Gasteiger partial charge in [-0.05, 0) is 38.2 Å². The SMILES string of the molecule is C=C(C)[C@H]1Cc2nn(C)c(C)c2C1. The molecule has 1 aromatic heterocycles. The van der Waals surface area contributed by atoms with Crippen LogP contribution in [-0.4, -0.2) is 9.78 Å². The van der Waals surface area contributed by atoms with Crippen LogP contribution in [-0.2, 0) is 19.9 Å². The highest BCUT2D eigenvalue weighted by molar-refractivity contribution is 5.33. The van der Waals surface area contributed by atoms with Gasteiger partial charge in [-0.1, -0.05) is 12.2 Å². The molecule has 0 amide bonds. The molecule has 0 N–H and O–H groups in total. The fraction of sp³-hybridized carbons (Fsp3) is 0.545. The minimum Gasteiger partial charge on any atom is -0.272 e. The number of rotatable bonds is 1. The Hall–Kier alpha value is -1.05. The fourth-order valence-corrected chi connectivity index (χ4v) is 2.05. The van der Waals surface area contributed by atoms with Gasteiger partial charge in [-0.3, -0.25) is 4.68 Å². The van der Waals surface area contributed by atoms with Gasteiger partial charge in [0, 0.05) is 12.7 Å². The molecule has 0 saturated heterocycles. The molecule has 1 atom stereocenters. The van der Waals surface area contributed by atoms with Gasteiger partial charge in [-0.15, -0.1) is 0 Å². The van der Waals surface area contributed by atoms with Crippen LogP contribution < -0.4 is 0 Å². The first-order valence-corrected chi connectivity index (χ1v) is 4.76. The van der Waals surface area contributed by atoms with E-state index >= 15 is 0 Å². The van der Waals surface area contributed by atoms with E-state index in [1.54, 1.807) is 0 Å². The zero-order chi connectivity index (χ0) is 9.59. The fourth-order valence-electron chi connectivity index (χ4n) is 2.05. The van der Waals surface area contributed by atoms with Crippen molar-refractivity contribution in [1.82, 2.24) is 9.78 Å². The van der Waals surface area contributed by atoms with Crippen molar-refractivity contribution in [1.29, 1.82) is 0 Å². The minimum atomic E-state index is 0.636. The molecule has 0 radical (unpaired) electrons. The van der Waals surface area contributed by atoms with Crippen LogP contribution in [0.4, 0.5) is 0 Å². The van der Waals surface area contributed by atoms with Crippen LogP contribution in [0, 0.1) is 12.8 Å². The first-order valence-electron chi connectivity index (χ1n) is 4.76. The number of aryl methyl sites for hydroxylation is 1. The maximum atomic E-state index is 4.50. The van der Waals surface area contributed by atoms with Crippen molar-refractivity contribution >= 4 is 0 Å². The number of fused-ring (bicyclic) bond motifs is 1. The molecule has 1 heterocycles. The molecule has 0 bridgehead atoms. The Morgan fingerprint density at radius 2 is 2.23 bits per heavy atom. The Labute approximate surface area is 79.3 Å². The molecule has 0 fully saturated rings. The summed E-state index contributed by atoms with van der Waals surface area (Å²) >= 11 is 0. The lowest BCUT2D eigenvalue weighted by Gasteiger charge is -2.08. The summed E-state index contributed by atoms with van der Waals surface area (Å²) in [5, 5.41) is 4.50. The molecule has 2 nitrogen and oxygen atoms in total. The minimum absolute atomic E-state index is 0.636. The van der Waals surface area contributed by atoms with E-state index in [-0.39, 0.29) is 0 Å². The summed E-state index contributed by atoms with van der Waals surface area (Å²) < 4.78 is 1.99. The van der Waals surface area contributed by atoms with Gasteiger partial charge in [-0.25, -0.2) is 0 Å². The van der Waals surface area contributed by atoms with E-state index < -0.39 is 0 Å². The lowest BCUT2D eigenvalue weighted by Crippen LogP contribution is -2.04. The summed E-state index contributed by atoms with van der Waals surface area (Å²) in [4.78, 5) is 0. The van der Waals surface area contributed by atoms with Gasteiger partial charge in [-0.2, -0.15) is 5.10 Å². The summed E-state index contributed by atoms with van der Waals surface area (Å²) in [6.45, 7) is 8.28. The molecule has 2 rings (SSSR count). The first kappa shape index (κ1) is 8.54. The third kappa shape index (κ3) is 1.21. The number of allylic oxidation sites excluding steroid dienone is 1. The largest absolute Gasteiger partial charge is 0.272 e. The van der Waals surface area contributed by atoms with E-state index in [9.17, 15) is 0 Å². The summed E-state index contributed by atoms with van der Waals surface area (Å²) in [6, 6.07) is 0. The quantitative estimate of drug-likeness (QED) is 0.599. The Kier molecular flexibility index (Phi) is 1.79. The van der Waals surface area contributed by atoms with E-state index in [1.807, 2.05) is 11.7 Å². The number of aromatic nitrogens is 2. The third-order valence-corrected chi connectivity index (χ3v) is 3.13. The number of nitrogens with zero attached hydrogens (tertiary/aromatic N) is 2. The second kappa shape index (κ2) is 2.72. The van der Waals surface area contributed by atoms with Crippen LogP contribution in [0.1, 0.15) is 23.9 Å². The van der Waals surface area contributed by atoms with Crippen LogP contribution in [0.3, 0.4) is 0 Å². The molecule has 13 heavy (non-hydrogen) atoms. The molecule has 0 saturated carbocycles. The smallest absolute Gasteiger partial charge is 0.0665 e. The molecule has 0 aliphatic heterocycles. The average Bonchev–Trinajstić information content (AvgIpc) is 2.55. The highest BCUT2D eigenvalue weighted by Crippen LogP contribution is 2.31. The molecular formula is C11H16N2. The maximum absolute atomic E-state index is 4.50. The van der Waals surface area contributed by atoms with Gasteiger partial charge in [0.1, 0.15) is 0 Å². The van der Waals surface area contributed by atoms with Crippen LogP contribution >= 0.6 is 0 Å². The second-order valence-electron chi connectivity index (χ2n) is 4.09. The molecule has 0 spiro atoms. The molecule has 0 aromatic carbocycles. The van der Waals surface area contributed by atoms with E-state index in [2.05, 4.69) is 25.5 Å². The highest BCUT2D eigenvalue weighted by atomic mass is 15.3. The zero-order valence-electron chi connectivity index (χ0n) is 8.59. The van der Waals surface area contributed by atoms with Gasteiger partial charge < -0.3 is 0 Å². The van der Waals surface area contributed by atoms with Gasteiger partial charge in [0.05, 0.1) is 5.69 Å². The predicted molar refractivity (Wildman–Crippen MR) is 53.7 cm³/mol. The van der Waals surface area contributed by atoms with Crippen molar-refractivity contribution in [3.05, 3.63) is 29.1 Å². The second-order valence-corrected chi connectivity index (χ2v) is 4.09. The van der Waals surface area contributed by atoms with Crippen molar-refractivity contribution in [3.8, 4) is 0 Å². The maximum Gasteiger partial charge on any atom is 0.0665 e. The lowest BCUT2D eigenvalue weighted by atomic mass is 9.99. The van der Waals surface area contributed by atoms with Crippen LogP contribution in [0.5, 0.6) is 0 Å². The monoisotopic (exact) mass is 176 g/mol. The Bertz CT molecular complexity index is 360. The standard InChI is InChI=1S/C11H16N2/c1-7(2)9-5-10-8(3)13(4)12-11(10)6-9/h9H,1,5-6H2,2-4H3/t9-/m1/s1. The number of hydrogen-bond acceptors (Lipinski definition) is 1. The summed E-state index contributed by atoms with van der Waals surface area (Å²) in [7, 11) is 2.02.